The van der Waals surface area contributed by atoms with Gasteiger partial charge in [-0.25, -0.2) is 8.42 Å². The Kier molecular flexibility index (Phi) is 10.8. The number of carbonyl (C=O) groups excluding carboxylic acids is 2. The number of rotatable bonds is 13. The molecule has 0 aromatic heterocycles. The zero-order chi connectivity index (χ0) is 26.8. The number of hydrogen-bond donors (Lipinski definition) is 1. The molecule has 0 spiro atoms. The molecule has 2 amide bonds. The Balaban J connectivity index is 1.71. The minimum absolute atomic E-state index is 0.104. The van der Waals surface area contributed by atoms with Gasteiger partial charge in [0.05, 0.1) is 11.9 Å². The Hall–Kier alpha value is -2.58. The van der Waals surface area contributed by atoms with Crippen LogP contribution in [0.4, 0.5) is 5.69 Å². The van der Waals surface area contributed by atoms with Crippen molar-refractivity contribution in [3.63, 3.8) is 0 Å². The van der Waals surface area contributed by atoms with E-state index in [-0.39, 0.29) is 30.8 Å². The van der Waals surface area contributed by atoms with Crippen molar-refractivity contribution in [3.8, 4) is 0 Å². The van der Waals surface area contributed by atoms with Gasteiger partial charge in [0.15, 0.2) is 0 Å². The molecule has 0 saturated heterocycles. The first-order chi connectivity index (χ1) is 17.7. The highest BCUT2D eigenvalue weighted by Gasteiger charge is 2.30. The summed E-state index contributed by atoms with van der Waals surface area (Å²) < 4.78 is 26.2. The summed E-state index contributed by atoms with van der Waals surface area (Å²) in [6.45, 7) is 2.48. The molecule has 3 rings (SSSR count). The van der Waals surface area contributed by atoms with Crippen LogP contribution < -0.4 is 9.62 Å². The molecule has 0 unspecified atom stereocenters. The van der Waals surface area contributed by atoms with Crippen molar-refractivity contribution in [1.29, 1.82) is 0 Å². The summed E-state index contributed by atoms with van der Waals surface area (Å²) in [4.78, 5) is 28.4. The number of carbonyl (C=O) groups is 2. The van der Waals surface area contributed by atoms with Crippen LogP contribution in [0, 0.1) is 0 Å². The number of amides is 2. The molecule has 0 heterocycles. The highest BCUT2D eigenvalue weighted by Crippen LogP contribution is 2.23. The van der Waals surface area contributed by atoms with Crippen LogP contribution in [-0.2, 0) is 26.0 Å². The normalized spacial score (nSPS) is 14.8. The van der Waals surface area contributed by atoms with E-state index in [4.69, 9.17) is 11.6 Å². The minimum atomic E-state index is -3.56. The third-order valence-electron chi connectivity index (χ3n) is 6.82. The second kappa shape index (κ2) is 13.8. The van der Waals surface area contributed by atoms with Crippen LogP contribution in [0.3, 0.4) is 0 Å². The number of halogens is 1. The number of nitrogens with one attached hydrogen (secondary N) is 1. The van der Waals surface area contributed by atoms with Gasteiger partial charge in [0, 0.05) is 30.6 Å². The summed E-state index contributed by atoms with van der Waals surface area (Å²) in [5, 5.41) is 3.59. The molecule has 0 aliphatic heterocycles. The van der Waals surface area contributed by atoms with Crippen molar-refractivity contribution in [3.05, 3.63) is 65.2 Å². The van der Waals surface area contributed by atoms with Crippen LogP contribution in [0.15, 0.2) is 54.6 Å². The van der Waals surface area contributed by atoms with E-state index < -0.39 is 16.1 Å². The van der Waals surface area contributed by atoms with Crippen molar-refractivity contribution in [1.82, 2.24) is 10.2 Å². The summed E-state index contributed by atoms with van der Waals surface area (Å²) in [6.07, 6.45) is 6.92. The summed E-state index contributed by atoms with van der Waals surface area (Å²) >= 11 is 6.07. The first-order valence-electron chi connectivity index (χ1n) is 13.1. The fourth-order valence-electron chi connectivity index (χ4n) is 4.90. The lowest BCUT2D eigenvalue weighted by Gasteiger charge is -2.32. The number of sulfonamides is 1. The largest absolute Gasteiger partial charge is 0.352 e. The summed E-state index contributed by atoms with van der Waals surface area (Å²) in [7, 11) is -3.56. The van der Waals surface area contributed by atoms with E-state index in [1.807, 2.05) is 37.3 Å². The number of nitrogens with zero attached hydrogens (tertiary/aromatic N) is 2. The molecular formula is C28H38ClN3O4S. The molecule has 1 N–H and O–H groups in total. The van der Waals surface area contributed by atoms with Crippen molar-refractivity contribution in [2.45, 2.75) is 70.4 Å². The maximum atomic E-state index is 13.5. The fraction of sp³-hybridized carbons (Fsp3) is 0.500. The molecule has 7 nitrogen and oxygen atoms in total. The van der Waals surface area contributed by atoms with Crippen molar-refractivity contribution < 1.29 is 18.0 Å². The second-order valence-electron chi connectivity index (χ2n) is 9.66. The lowest BCUT2D eigenvalue weighted by atomic mass is 10.1. The predicted octanol–water partition coefficient (Wildman–Crippen LogP) is 4.79. The molecule has 1 aliphatic carbocycles. The van der Waals surface area contributed by atoms with Gasteiger partial charge in [0.2, 0.25) is 21.8 Å². The summed E-state index contributed by atoms with van der Waals surface area (Å²) in [5.41, 5.74) is 1.56. The summed E-state index contributed by atoms with van der Waals surface area (Å²) in [5.74, 6) is -0.253. The zero-order valence-corrected chi connectivity index (χ0v) is 23.3. The zero-order valence-electron chi connectivity index (χ0n) is 21.7. The van der Waals surface area contributed by atoms with Gasteiger partial charge in [-0.3, -0.25) is 13.9 Å². The maximum absolute atomic E-state index is 13.5. The molecule has 0 radical (unpaired) electrons. The van der Waals surface area contributed by atoms with E-state index in [0.717, 1.165) is 37.5 Å². The lowest BCUT2D eigenvalue weighted by Crippen LogP contribution is -2.52. The summed E-state index contributed by atoms with van der Waals surface area (Å²) in [6, 6.07) is 16.2. The number of hydrogen-bond acceptors (Lipinski definition) is 4. The van der Waals surface area contributed by atoms with E-state index in [1.165, 1.54) is 4.31 Å². The molecular weight excluding hydrogens is 510 g/mol. The van der Waals surface area contributed by atoms with Crippen molar-refractivity contribution in [2.75, 3.05) is 23.7 Å². The van der Waals surface area contributed by atoms with Crippen LogP contribution in [0.5, 0.6) is 0 Å². The third-order valence-corrected chi connectivity index (χ3v) is 8.25. The Bertz CT molecular complexity index is 1140. The predicted molar refractivity (Wildman–Crippen MR) is 149 cm³/mol. The standard InChI is InChI=1S/C28H38ClN3O4S/c1-3-26(28(34)30-24-14-7-8-15-24)31(20-18-22-11-5-4-6-12-22)27(33)17-10-19-32(37(2,35)36)25-16-9-13-23(29)21-25/h4-6,9,11-13,16,21,24,26H,3,7-8,10,14-15,17-20H2,1-2H3,(H,30,34)/t26-/m0/s1. The highest BCUT2D eigenvalue weighted by molar-refractivity contribution is 7.92. The minimum Gasteiger partial charge on any atom is -0.352 e. The first-order valence-corrected chi connectivity index (χ1v) is 15.3. The molecule has 1 saturated carbocycles. The molecule has 2 aromatic carbocycles. The number of benzene rings is 2. The Morgan fingerprint density at radius 1 is 1.05 bits per heavy atom. The van der Waals surface area contributed by atoms with Gasteiger partial charge in [-0.05, 0) is 55.9 Å². The van der Waals surface area contributed by atoms with E-state index in [2.05, 4.69) is 5.32 Å². The fourth-order valence-corrected chi connectivity index (χ4v) is 6.04. The maximum Gasteiger partial charge on any atom is 0.243 e. The monoisotopic (exact) mass is 547 g/mol. The highest BCUT2D eigenvalue weighted by atomic mass is 35.5. The Morgan fingerprint density at radius 2 is 1.76 bits per heavy atom. The van der Waals surface area contributed by atoms with Crippen molar-refractivity contribution in [2.24, 2.45) is 0 Å². The molecule has 37 heavy (non-hydrogen) atoms. The van der Waals surface area contributed by atoms with Crippen LogP contribution in [-0.4, -0.2) is 56.6 Å². The average molecular weight is 548 g/mol. The van der Waals surface area contributed by atoms with Gasteiger partial charge < -0.3 is 10.2 Å². The molecule has 2 aromatic rings. The van der Waals surface area contributed by atoms with Gasteiger partial charge in [0.25, 0.3) is 0 Å². The molecule has 9 heteroatoms. The Labute approximate surface area is 226 Å². The van der Waals surface area contributed by atoms with Crippen LogP contribution in [0.25, 0.3) is 0 Å². The molecule has 1 atom stereocenters. The van der Waals surface area contributed by atoms with E-state index in [9.17, 15) is 18.0 Å². The van der Waals surface area contributed by atoms with Gasteiger partial charge >= 0.3 is 0 Å². The lowest BCUT2D eigenvalue weighted by molar-refractivity contribution is -0.141. The van der Waals surface area contributed by atoms with E-state index >= 15 is 0 Å². The second-order valence-corrected chi connectivity index (χ2v) is 12.0. The van der Waals surface area contributed by atoms with Gasteiger partial charge in [-0.1, -0.05) is 67.8 Å². The average Bonchev–Trinajstić information content (AvgIpc) is 3.37. The van der Waals surface area contributed by atoms with Crippen LogP contribution >= 0.6 is 11.6 Å². The quantitative estimate of drug-likeness (QED) is 0.390. The Morgan fingerprint density at radius 3 is 2.38 bits per heavy atom. The van der Waals surface area contributed by atoms with Gasteiger partial charge in [-0.2, -0.15) is 0 Å². The topological polar surface area (TPSA) is 86.8 Å². The van der Waals surface area contributed by atoms with Crippen LogP contribution in [0.2, 0.25) is 5.02 Å². The van der Waals surface area contributed by atoms with E-state index in [1.54, 1.807) is 29.2 Å². The first kappa shape index (κ1) is 29.0. The van der Waals surface area contributed by atoms with Crippen molar-refractivity contribution >= 4 is 39.1 Å². The molecule has 1 aliphatic rings. The smallest absolute Gasteiger partial charge is 0.243 e. The molecule has 0 bridgehead atoms. The van der Waals surface area contributed by atoms with Crippen LogP contribution in [0.1, 0.15) is 57.4 Å². The molecule has 1 fully saturated rings. The van der Waals surface area contributed by atoms with E-state index in [0.29, 0.717) is 36.5 Å². The van der Waals surface area contributed by atoms with Gasteiger partial charge in [0.1, 0.15) is 6.04 Å². The molecule has 202 valence electrons. The van der Waals surface area contributed by atoms with Gasteiger partial charge in [-0.15, -0.1) is 0 Å². The number of anilines is 1. The third kappa shape index (κ3) is 8.75. The SMILES string of the molecule is CC[C@@H](C(=O)NC1CCCC1)N(CCc1ccccc1)C(=O)CCCN(c1cccc(Cl)c1)S(C)(=O)=O.